The van der Waals surface area contributed by atoms with Gasteiger partial charge in [0.25, 0.3) is 0 Å². The van der Waals surface area contributed by atoms with Gasteiger partial charge in [0.2, 0.25) is 0 Å². The third kappa shape index (κ3) is 3.75. The molecule has 0 saturated heterocycles. The number of benzene rings is 1. The molecule has 0 amide bonds. The molecule has 0 saturated carbocycles. The molecule has 1 atom stereocenters. The van der Waals surface area contributed by atoms with Gasteiger partial charge in [0.15, 0.2) is 6.10 Å². The first-order chi connectivity index (χ1) is 6.89. The number of hydrogen-bond acceptors (Lipinski definition) is 2. The van der Waals surface area contributed by atoms with Gasteiger partial charge in [-0.15, -0.1) is 0 Å². The van der Waals surface area contributed by atoms with Crippen LogP contribution < -0.4 is 5.32 Å². The SMILES string of the molecule is OC(CNc1ccc(F)cc1)C(F)(F)F. The van der Waals surface area contributed by atoms with Gasteiger partial charge in [-0.05, 0) is 24.3 Å². The van der Waals surface area contributed by atoms with Crippen LogP contribution in [0.1, 0.15) is 0 Å². The van der Waals surface area contributed by atoms with Gasteiger partial charge in [0, 0.05) is 12.2 Å². The lowest BCUT2D eigenvalue weighted by molar-refractivity contribution is -0.198. The van der Waals surface area contributed by atoms with Crippen molar-refractivity contribution in [1.82, 2.24) is 0 Å². The largest absolute Gasteiger partial charge is 0.416 e. The first-order valence-corrected chi connectivity index (χ1v) is 4.14. The molecule has 0 aliphatic carbocycles. The Morgan fingerprint density at radius 2 is 1.73 bits per heavy atom. The van der Waals surface area contributed by atoms with Crippen molar-refractivity contribution in [3.63, 3.8) is 0 Å². The van der Waals surface area contributed by atoms with Crippen molar-refractivity contribution < 1.29 is 22.7 Å². The monoisotopic (exact) mass is 223 g/mol. The second-order valence-corrected chi connectivity index (χ2v) is 2.95. The third-order valence-corrected chi connectivity index (χ3v) is 1.72. The van der Waals surface area contributed by atoms with Crippen molar-refractivity contribution in [2.24, 2.45) is 0 Å². The molecule has 0 fully saturated rings. The number of alkyl halides is 3. The molecule has 6 heteroatoms. The number of halogens is 4. The van der Waals surface area contributed by atoms with Crippen molar-refractivity contribution >= 4 is 5.69 Å². The third-order valence-electron chi connectivity index (χ3n) is 1.72. The van der Waals surface area contributed by atoms with E-state index in [1.54, 1.807) is 0 Å². The second kappa shape index (κ2) is 4.48. The summed E-state index contributed by atoms with van der Waals surface area (Å²) in [6, 6.07) is 4.81. The maximum Gasteiger partial charge on any atom is 0.416 e. The molecule has 2 nitrogen and oxygen atoms in total. The summed E-state index contributed by atoms with van der Waals surface area (Å²) in [5.41, 5.74) is 0.319. The van der Waals surface area contributed by atoms with Crippen LogP contribution in [0.3, 0.4) is 0 Å². The quantitative estimate of drug-likeness (QED) is 0.769. The van der Waals surface area contributed by atoms with E-state index in [9.17, 15) is 17.6 Å². The van der Waals surface area contributed by atoms with Gasteiger partial charge in [-0.3, -0.25) is 0 Å². The van der Waals surface area contributed by atoms with E-state index >= 15 is 0 Å². The Bertz CT molecular complexity index is 309. The van der Waals surface area contributed by atoms with Crippen molar-refractivity contribution in [3.05, 3.63) is 30.1 Å². The molecule has 0 heterocycles. The van der Waals surface area contributed by atoms with Gasteiger partial charge in [-0.1, -0.05) is 0 Å². The molecule has 0 aliphatic heterocycles. The van der Waals surface area contributed by atoms with Crippen LogP contribution in [0.25, 0.3) is 0 Å². The predicted molar refractivity (Wildman–Crippen MR) is 47.0 cm³/mol. The van der Waals surface area contributed by atoms with E-state index < -0.39 is 24.6 Å². The summed E-state index contributed by atoms with van der Waals surface area (Å²) >= 11 is 0. The molecule has 1 rings (SSSR count). The Labute approximate surface area is 83.5 Å². The maximum atomic E-state index is 12.4. The highest BCUT2D eigenvalue weighted by molar-refractivity contribution is 5.42. The van der Waals surface area contributed by atoms with Gasteiger partial charge in [0.05, 0.1) is 0 Å². The Morgan fingerprint density at radius 1 is 1.20 bits per heavy atom. The molecule has 1 aromatic carbocycles. The lowest BCUT2D eigenvalue weighted by Crippen LogP contribution is -2.34. The molecule has 15 heavy (non-hydrogen) atoms. The van der Waals surface area contributed by atoms with Crippen molar-refractivity contribution in [3.8, 4) is 0 Å². The first kappa shape index (κ1) is 11.8. The van der Waals surface area contributed by atoms with Crippen LogP contribution in [0.2, 0.25) is 0 Å². The van der Waals surface area contributed by atoms with Crippen molar-refractivity contribution in [2.75, 3.05) is 11.9 Å². The normalized spacial score (nSPS) is 13.7. The first-order valence-electron chi connectivity index (χ1n) is 4.14. The van der Waals surface area contributed by atoms with Gasteiger partial charge in [-0.2, -0.15) is 13.2 Å². The fourth-order valence-corrected chi connectivity index (χ4v) is 0.898. The zero-order valence-corrected chi connectivity index (χ0v) is 7.55. The average Bonchev–Trinajstić information content (AvgIpc) is 2.15. The Balaban J connectivity index is 2.47. The van der Waals surface area contributed by atoms with E-state index in [1.165, 1.54) is 12.1 Å². The van der Waals surface area contributed by atoms with E-state index in [2.05, 4.69) is 5.32 Å². The van der Waals surface area contributed by atoms with E-state index in [1.807, 2.05) is 0 Å². The number of anilines is 1. The lowest BCUT2D eigenvalue weighted by Gasteiger charge is -2.15. The summed E-state index contributed by atoms with van der Waals surface area (Å²) < 4.78 is 48.0. The highest BCUT2D eigenvalue weighted by Gasteiger charge is 2.37. The average molecular weight is 223 g/mol. The molecule has 0 radical (unpaired) electrons. The zero-order chi connectivity index (χ0) is 11.5. The van der Waals surface area contributed by atoms with Crippen LogP contribution in [0.5, 0.6) is 0 Å². The molecule has 84 valence electrons. The molecule has 2 N–H and O–H groups in total. The Hall–Kier alpha value is -1.30. The van der Waals surface area contributed by atoms with Crippen LogP contribution in [-0.2, 0) is 0 Å². The van der Waals surface area contributed by atoms with Crippen LogP contribution >= 0.6 is 0 Å². The maximum absolute atomic E-state index is 12.4. The van der Waals surface area contributed by atoms with Crippen LogP contribution in [0.4, 0.5) is 23.2 Å². The number of hydrogen-bond donors (Lipinski definition) is 2. The standard InChI is InChI=1S/C9H9F4NO/c10-6-1-3-7(4-2-6)14-5-8(15)9(11,12)13/h1-4,8,14-15H,5H2. The summed E-state index contributed by atoms with van der Waals surface area (Å²) in [5, 5.41) is 11.0. The predicted octanol–water partition coefficient (Wildman–Crippen LogP) is 2.16. The Morgan fingerprint density at radius 3 is 2.20 bits per heavy atom. The van der Waals surface area contributed by atoms with Crippen molar-refractivity contribution in [1.29, 1.82) is 0 Å². The van der Waals surface area contributed by atoms with Gasteiger partial charge in [0.1, 0.15) is 5.82 Å². The molecule has 1 unspecified atom stereocenters. The lowest BCUT2D eigenvalue weighted by atomic mass is 10.3. The molecule has 1 aromatic rings. The molecule has 0 spiro atoms. The van der Waals surface area contributed by atoms with Gasteiger partial charge < -0.3 is 10.4 Å². The fraction of sp³-hybridized carbons (Fsp3) is 0.333. The van der Waals surface area contributed by atoms with E-state index in [0.29, 0.717) is 5.69 Å². The Kier molecular flexibility index (Phi) is 3.52. The van der Waals surface area contributed by atoms with Crippen LogP contribution in [-0.4, -0.2) is 23.9 Å². The number of nitrogens with one attached hydrogen (secondary N) is 1. The number of aliphatic hydroxyl groups excluding tert-OH is 1. The fourth-order valence-electron chi connectivity index (χ4n) is 0.898. The van der Waals surface area contributed by atoms with Gasteiger partial charge >= 0.3 is 6.18 Å². The molecule has 0 bridgehead atoms. The number of aliphatic hydroxyl groups is 1. The smallest absolute Gasteiger partial charge is 0.382 e. The van der Waals surface area contributed by atoms with Crippen LogP contribution in [0.15, 0.2) is 24.3 Å². The van der Waals surface area contributed by atoms with E-state index in [0.717, 1.165) is 12.1 Å². The molecule has 0 aromatic heterocycles. The van der Waals surface area contributed by atoms with Crippen molar-refractivity contribution in [2.45, 2.75) is 12.3 Å². The summed E-state index contributed by atoms with van der Waals surface area (Å²) in [6.07, 6.45) is -7.07. The highest BCUT2D eigenvalue weighted by atomic mass is 19.4. The molecular weight excluding hydrogens is 214 g/mol. The van der Waals surface area contributed by atoms with Crippen LogP contribution in [0, 0.1) is 5.82 Å². The summed E-state index contributed by atoms with van der Waals surface area (Å²) in [6.45, 7) is -0.658. The summed E-state index contributed by atoms with van der Waals surface area (Å²) in [5.74, 6) is -0.475. The van der Waals surface area contributed by atoms with Gasteiger partial charge in [-0.25, -0.2) is 4.39 Å². The summed E-state index contributed by atoms with van der Waals surface area (Å²) in [7, 11) is 0. The zero-order valence-electron chi connectivity index (χ0n) is 7.55. The minimum absolute atomic E-state index is 0.319. The number of rotatable bonds is 3. The molecular formula is C9H9F4NO. The van der Waals surface area contributed by atoms with E-state index in [4.69, 9.17) is 5.11 Å². The minimum Gasteiger partial charge on any atom is -0.382 e. The highest BCUT2D eigenvalue weighted by Crippen LogP contribution is 2.20. The summed E-state index contributed by atoms with van der Waals surface area (Å²) in [4.78, 5) is 0. The minimum atomic E-state index is -4.65. The van der Waals surface area contributed by atoms with E-state index in [-0.39, 0.29) is 0 Å². The topological polar surface area (TPSA) is 32.3 Å². The second-order valence-electron chi connectivity index (χ2n) is 2.95. The molecule has 0 aliphatic rings.